The minimum absolute atomic E-state index is 0.155. The number of hydrogen-bond acceptors (Lipinski definition) is 2. The summed E-state index contributed by atoms with van der Waals surface area (Å²) in [6.07, 6.45) is 19.0. The fraction of sp³-hybridized carbons (Fsp3) is 0.562. The highest BCUT2D eigenvalue weighted by Gasteiger charge is 2.33. The number of halogens is 1. The molecule has 2 fully saturated rings. The summed E-state index contributed by atoms with van der Waals surface area (Å²) in [5.74, 6) is 0.784. The highest BCUT2D eigenvalue weighted by atomic mass is 19.1. The van der Waals surface area contributed by atoms with E-state index in [-0.39, 0.29) is 5.92 Å². The fourth-order valence-electron chi connectivity index (χ4n) is 5.65. The molecule has 0 saturated heterocycles. The predicted octanol–water partition coefficient (Wildman–Crippen LogP) is 9.37. The third-order valence-electron chi connectivity index (χ3n) is 8.36. The lowest BCUT2D eigenvalue weighted by Gasteiger charge is -2.32. The van der Waals surface area contributed by atoms with Crippen molar-refractivity contribution in [1.82, 2.24) is 4.98 Å². The van der Waals surface area contributed by atoms with Gasteiger partial charge in [-0.25, -0.2) is 4.39 Å². The van der Waals surface area contributed by atoms with Gasteiger partial charge in [-0.15, -0.1) is 0 Å². The monoisotopic (exact) mass is 474 g/mol. The Balaban J connectivity index is 1.72. The number of aliphatic imine (C=N–C) groups is 1. The van der Waals surface area contributed by atoms with Gasteiger partial charge in [-0.1, -0.05) is 50.5 Å². The molecule has 3 heteroatoms. The Labute approximate surface area is 212 Å². The van der Waals surface area contributed by atoms with Gasteiger partial charge in [0.25, 0.3) is 0 Å². The summed E-state index contributed by atoms with van der Waals surface area (Å²) in [5, 5.41) is 0. The lowest BCUT2D eigenvalue weighted by molar-refractivity contribution is 0.0823. The zero-order valence-corrected chi connectivity index (χ0v) is 22.3. The molecule has 0 aliphatic heterocycles. The van der Waals surface area contributed by atoms with E-state index in [9.17, 15) is 0 Å². The number of allylic oxidation sites excluding steroid dienone is 6. The Morgan fingerprint density at radius 2 is 1.97 bits per heavy atom. The van der Waals surface area contributed by atoms with E-state index in [1.165, 1.54) is 41.7 Å². The normalized spacial score (nSPS) is 22.1. The van der Waals surface area contributed by atoms with E-state index in [1.807, 2.05) is 18.5 Å². The average molecular weight is 475 g/mol. The van der Waals surface area contributed by atoms with Crippen molar-refractivity contribution >= 4 is 16.9 Å². The molecule has 2 nitrogen and oxygen atoms in total. The van der Waals surface area contributed by atoms with Gasteiger partial charge >= 0.3 is 0 Å². The molecule has 0 spiro atoms. The van der Waals surface area contributed by atoms with Gasteiger partial charge < -0.3 is 0 Å². The lowest BCUT2D eigenvalue weighted by atomic mass is 9.78. The highest BCUT2D eigenvalue weighted by Crippen LogP contribution is 2.40. The highest BCUT2D eigenvalue weighted by molar-refractivity contribution is 5.88. The Morgan fingerprint density at radius 3 is 2.51 bits per heavy atom. The van der Waals surface area contributed by atoms with Crippen molar-refractivity contribution in [3.8, 4) is 0 Å². The number of aryl methyl sites for hydroxylation is 1. The van der Waals surface area contributed by atoms with Crippen LogP contribution in [0, 0.1) is 18.8 Å². The minimum atomic E-state index is -1.04. The smallest absolute Gasteiger partial charge is 0.111 e. The van der Waals surface area contributed by atoms with Crippen LogP contribution in [-0.4, -0.2) is 16.4 Å². The second-order valence-electron chi connectivity index (χ2n) is 11.1. The zero-order chi connectivity index (χ0) is 25.0. The molecule has 0 radical (unpaired) electrons. The fourth-order valence-corrected chi connectivity index (χ4v) is 5.65. The van der Waals surface area contributed by atoms with E-state index in [1.54, 1.807) is 0 Å². The first-order valence-corrected chi connectivity index (χ1v) is 13.8. The van der Waals surface area contributed by atoms with E-state index in [0.717, 1.165) is 54.5 Å². The van der Waals surface area contributed by atoms with Crippen LogP contribution >= 0.6 is 0 Å². The molecule has 0 amide bonds. The number of aromatic nitrogens is 1. The van der Waals surface area contributed by atoms with Gasteiger partial charge in [-0.05, 0) is 107 Å². The van der Waals surface area contributed by atoms with Crippen LogP contribution in [0.2, 0.25) is 0 Å². The van der Waals surface area contributed by atoms with Crippen molar-refractivity contribution in [2.75, 3.05) is 0 Å². The van der Waals surface area contributed by atoms with Gasteiger partial charge in [-0.2, -0.15) is 0 Å². The van der Waals surface area contributed by atoms with Gasteiger partial charge in [0, 0.05) is 29.3 Å². The molecule has 0 unspecified atom stereocenters. The van der Waals surface area contributed by atoms with Gasteiger partial charge in [-0.3, -0.25) is 9.98 Å². The molecule has 1 aromatic rings. The van der Waals surface area contributed by atoms with Crippen LogP contribution < -0.4 is 0 Å². The van der Waals surface area contributed by atoms with Crippen molar-refractivity contribution < 1.29 is 4.39 Å². The molecule has 188 valence electrons. The molecule has 3 aliphatic rings. The Bertz CT molecular complexity index is 1060. The summed E-state index contributed by atoms with van der Waals surface area (Å²) in [6, 6.07) is 2.27. The molecule has 35 heavy (non-hydrogen) atoms. The summed E-state index contributed by atoms with van der Waals surface area (Å²) in [4.78, 5) is 9.78. The third-order valence-corrected chi connectivity index (χ3v) is 8.36. The number of alkyl halides is 1. The van der Waals surface area contributed by atoms with Gasteiger partial charge in [0.05, 0.1) is 5.69 Å². The maximum atomic E-state index is 15.7. The molecule has 0 aromatic carbocycles. The molecule has 1 atom stereocenters. The van der Waals surface area contributed by atoms with Crippen LogP contribution in [0.25, 0.3) is 11.1 Å². The van der Waals surface area contributed by atoms with Crippen LogP contribution in [0.5, 0.6) is 0 Å². The van der Waals surface area contributed by atoms with Crippen LogP contribution in [0.3, 0.4) is 0 Å². The first kappa shape index (κ1) is 25.8. The van der Waals surface area contributed by atoms with E-state index < -0.39 is 5.67 Å². The van der Waals surface area contributed by atoms with Crippen LogP contribution in [0.1, 0.15) is 108 Å². The van der Waals surface area contributed by atoms with Gasteiger partial charge in [0.2, 0.25) is 0 Å². The topological polar surface area (TPSA) is 25.2 Å². The van der Waals surface area contributed by atoms with Gasteiger partial charge in [0.15, 0.2) is 0 Å². The molecule has 0 bridgehead atoms. The van der Waals surface area contributed by atoms with E-state index in [0.29, 0.717) is 25.2 Å². The van der Waals surface area contributed by atoms with Crippen molar-refractivity contribution in [3.63, 3.8) is 0 Å². The molecule has 2 saturated carbocycles. The summed E-state index contributed by atoms with van der Waals surface area (Å²) in [6.45, 7) is 12.8. The standard InChI is InChI=1S/C32H43FN2/c1-6-25(19-32(33)15-9-8-10-16-32)18-30(26(7-2)20-34-24(5)27-12-13-27)31-23(4)17-28(21-35-31)29-14-11-22(29)3/h7,17-18,20-21,25,27H,2,6,8-16,19H2,1,3-5H3/b26-20+,30-18-,34-24+/t25-/m1/s1. The molecular weight excluding hydrogens is 431 g/mol. The number of nitrogens with zero attached hydrogens (tertiary/aromatic N) is 2. The minimum Gasteiger partial charge on any atom is -0.265 e. The second-order valence-corrected chi connectivity index (χ2v) is 11.1. The number of rotatable bonds is 10. The molecule has 1 aromatic heterocycles. The van der Waals surface area contributed by atoms with Crippen molar-refractivity contribution in [2.45, 2.75) is 104 Å². The van der Waals surface area contributed by atoms with E-state index in [4.69, 9.17) is 9.98 Å². The van der Waals surface area contributed by atoms with Crippen molar-refractivity contribution in [2.24, 2.45) is 16.8 Å². The number of hydrogen-bond donors (Lipinski definition) is 0. The quantitative estimate of drug-likeness (QED) is 0.245. The maximum Gasteiger partial charge on any atom is 0.111 e. The molecular formula is C32H43FN2. The number of pyridine rings is 1. The maximum absolute atomic E-state index is 15.7. The largest absolute Gasteiger partial charge is 0.265 e. The zero-order valence-electron chi connectivity index (χ0n) is 22.3. The van der Waals surface area contributed by atoms with Crippen LogP contribution in [-0.2, 0) is 0 Å². The molecule has 3 aliphatic carbocycles. The van der Waals surface area contributed by atoms with Crippen LogP contribution in [0.4, 0.5) is 4.39 Å². The summed E-state index contributed by atoms with van der Waals surface area (Å²) >= 11 is 0. The Kier molecular flexibility index (Phi) is 8.24. The molecule has 4 rings (SSSR count). The van der Waals surface area contributed by atoms with Crippen molar-refractivity contribution in [1.29, 1.82) is 0 Å². The third kappa shape index (κ3) is 6.29. The summed E-state index contributed by atoms with van der Waals surface area (Å²) in [5.41, 5.74) is 8.42. The van der Waals surface area contributed by atoms with Crippen LogP contribution in [0.15, 0.2) is 53.3 Å². The van der Waals surface area contributed by atoms with E-state index >= 15 is 4.39 Å². The average Bonchev–Trinajstić information content (AvgIpc) is 3.68. The second kappa shape index (κ2) is 11.2. The Morgan fingerprint density at radius 1 is 1.23 bits per heavy atom. The summed E-state index contributed by atoms with van der Waals surface area (Å²) < 4.78 is 15.7. The molecule has 0 N–H and O–H groups in total. The lowest BCUT2D eigenvalue weighted by Crippen LogP contribution is -2.28. The van der Waals surface area contributed by atoms with E-state index in [2.05, 4.69) is 46.4 Å². The predicted molar refractivity (Wildman–Crippen MR) is 148 cm³/mol. The first-order valence-electron chi connectivity index (χ1n) is 13.8. The van der Waals surface area contributed by atoms with Gasteiger partial charge in [0.1, 0.15) is 5.67 Å². The SMILES string of the molecule is C=CC(=C\N=C(/C)C1CC1)/C(=C/[C@@H](CC)CC1(F)CCCCC1)c1ncc(C2=C(C)CC2)cc1C. The van der Waals surface area contributed by atoms with Crippen molar-refractivity contribution in [3.05, 3.63) is 65.2 Å². The molecule has 1 heterocycles. The summed E-state index contributed by atoms with van der Waals surface area (Å²) in [7, 11) is 0. The Hall–Kier alpha value is -2.29. The first-order chi connectivity index (χ1) is 16.8.